The Morgan fingerprint density at radius 2 is 2.12 bits per heavy atom. The van der Waals surface area contributed by atoms with Gasteiger partial charge in [0.25, 0.3) is 0 Å². The molecule has 1 heterocycles. The Hall–Kier alpha value is -1.29. The van der Waals surface area contributed by atoms with E-state index in [1.165, 1.54) is 6.07 Å². The van der Waals surface area contributed by atoms with Crippen LogP contribution in [0.3, 0.4) is 0 Å². The van der Waals surface area contributed by atoms with Gasteiger partial charge in [0.1, 0.15) is 0 Å². The first kappa shape index (κ1) is 13.8. The van der Waals surface area contributed by atoms with Crippen molar-refractivity contribution in [2.24, 2.45) is 0 Å². The van der Waals surface area contributed by atoms with E-state index >= 15 is 0 Å². The average Bonchev–Trinajstić information content (AvgIpc) is 2.20. The number of alkyl halides is 4. The SMILES string of the molecule is Cc1cc(OC(F)(F)F)c(CBr)nc1CC#N. The fraction of sp³-hybridized carbons (Fsp3) is 0.400. The topological polar surface area (TPSA) is 45.9 Å². The molecular weight excluding hydrogens is 301 g/mol. The maximum Gasteiger partial charge on any atom is 0.573 e. The van der Waals surface area contributed by atoms with Crippen LogP contribution in [0.15, 0.2) is 6.07 Å². The highest BCUT2D eigenvalue weighted by Gasteiger charge is 2.32. The Bertz CT molecular complexity index is 454. The Kier molecular flexibility index (Phi) is 4.34. The van der Waals surface area contributed by atoms with E-state index in [1.807, 2.05) is 6.07 Å². The molecule has 1 rings (SSSR count). The molecule has 0 saturated carbocycles. The maximum atomic E-state index is 12.1. The van der Waals surface area contributed by atoms with Crippen LogP contribution in [-0.2, 0) is 11.8 Å². The van der Waals surface area contributed by atoms with Gasteiger partial charge in [0, 0.05) is 5.33 Å². The predicted octanol–water partition coefficient (Wildman–Crippen LogP) is 3.25. The summed E-state index contributed by atoms with van der Waals surface area (Å²) in [7, 11) is 0. The van der Waals surface area contributed by atoms with E-state index in [1.54, 1.807) is 6.92 Å². The summed E-state index contributed by atoms with van der Waals surface area (Å²) in [5.74, 6) is -0.339. The number of aromatic nitrogens is 1. The van der Waals surface area contributed by atoms with E-state index in [-0.39, 0.29) is 23.2 Å². The summed E-state index contributed by atoms with van der Waals surface area (Å²) >= 11 is 3.03. The molecule has 1 aromatic heterocycles. The lowest BCUT2D eigenvalue weighted by Crippen LogP contribution is -2.19. The molecule has 0 atom stereocenters. The number of rotatable bonds is 3. The van der Waals surface area contributed by atoms with Crippen LogP contribution in [0.25, 0.3) is 0 Å². The first-order valence-electron chi connectivity index (χ1n) is 4.55. The standard InChI is InChI=1S/C10H8BrF3N2O/c1-6-4-9(17-10(12,13)14)8(5-11)16-7(6)2-3-15/h4H,2,5H2,1H3. The fourth-order valence-corrected chi connectivity index (χ4v) is 1.63. The molecule has 1 aromatic rings. The number of hydrogen-bond donors (Lipinski definition) is 0. The maximum absolute atomic E-state index is 12.1. The van der Waals surface area contributed by atoms with Crippen molar-refractivity contribution < 1.29 is 17.9 Å². The van der Waals surface area contributed by atoms with Crippen LogP contribution < -0.4 is 4.74 Å². The summed E-state index contributed by atoms with van der Waals surface area (Å²) in [5.41, 5.74) is 1.07. The van der Waals surface area contributed by atoms with Gasteiger partial charge in [-0.05, 0) is 18.6 Å². The number of nitrogens with zero attached hydrogens (tertiary/aromatic N) is 2. The first-order chi connectivity index (χ1) is 7.87. The monoisotopic (exact) mass is 308 g/mol. The lowest BCUT2D eigenvalue weighted by atomic mass is 10.1. The summed E-state index contributed by atoms with van der Waals surface area (Å²) in [6.45, 7) is 1.58. The van der Waals surface area contributed by atoms with Crippen molar-refractivity contribution in [3.05, 3.63) is 23.0 Å². The minimum atomic E-state index is -4.75. The third-order valence-corrected chi connectivity index (χ3v) is 2.49. The highest BCUT2D eigenvalue weighted by atomic mass is 79.9. The summed E-state index contributed by atoms with van der Waals surface area (Å²) in [6.07, 6.45) is -4.69. The van der Waals surface area contributed by atoms with Crippen LogP contribution in [0.5, 0.6) is 5.75 Å². The Morgan fingerprint density at radius 1 is 1.47 bits per heavy atom. The van der Waals surface area contributed by atoms with Crippen LogP contribution in [0.4, 0.5) is 13.2 Å². The van der Waals surface area contributed by atoms with E-state index in [2.05, 4.69) is 25.7 Å². The molecule has 0 spiro atoms. The predicted molar refractivity (Wildman–Crippen MR) is 57.6 cm³/mol. The molecule has 0 aromatic carbocycles. The number of pyridine rings is 1. The second-order valence-corrected chi connectivity index (χ2v) is 3.77. The largest absolute Gasteiger partial charge is 0.573 e. The van der Waals surface area contributed by atoms with Crippen molar-refractivity contribution in [1.29, 1.82) is 5.26 Å². The molecule has 0 radical (unpaired) electrons. The number of aryl methyl sites for hydroxylation is 1. The third-order valence-electron chi connectivity index (χ3n) is 1.96. The molecule has 0 unspecified atom stereocenters. The zero-order chi connectivity index (χ0) is 13.1. The second kappa shape index (κ2) is 5.36. The van der Waals surface area contributed by atoms with Crippen molar-refractivity contribution in [2.75, 3.05) is 0 Å². The molecule has 0 amide bonds. The van der Waals surface area contributed by atoms with Gasteiger partial charge in [-0.25, -0.2) is 0 Å². The van der Waals surface area contributed by atoms with Crippen LogP contribution >= 0.6 is 15.9 Å². The van der Waals surface area contributed by atoms with Crippen LogP contribution in [0.1, 0.15) is 17.0 Å². The summed E-state index contributed by atoms with van der Waals surface area (Å²) < 4.78 is 40.2. The van der Waals surface area contributed by atoms with Gasteiger partial charge in [-0.2, -0.15) is 5.26 Å². The number of nitriles is 1. The fourth-order valence-electron chi connectivity index (χ4n) is 1.23. The molecule has 92 valence electrons. The van der Waals surface area contributed by atoms with Gasteiger partial charge in [-0.3, -0.25) is 4.98 Å². The molecule has 0 saturated heterocycles. The number of hydrogen-bond acceptors (Lipinski definition) is 3. The molecular formula is C10H8BrF3N2O. The van der Waals surface area contributed by atoms with Crippen molar-refractivity contribution in [2.45, 2.75) is 25.0 Å². The molecule has 0 bridgehead atoms. The number of halogens is 4. The van der Waals surface area contributed by atoms with Gasteiger partial charge < -0.3 is 4.74 Å². The smallest absolute Gasteiger partial charge is 0.404 e. The van der Waals surface area contributed by atoms with Crippen LogP contribution in [0, 0.1) is 18.3 Å². The molecule has 17 heavy (non-hydrogen) atoms. The van der Waals surface area contributed by atoms with Gasteiger partial charge in [0.2, 0.25) is 0 Å². The van der Waals surface area contributed by atoms with E-state index in [4.69, 9.17) is 5.26 Å². The van der Waals surface area contributed by atoms with E-state index in [0.29, 0.717) is 11.3 Å². The van der Waals surface area contributed by atoms with Crippen molar-refractivity contribution in [1.82, 2.24) is 4.98 Å². The zero-order valence-corrected chi connectivity index (χ0v) is 10.4. The molecule has 7 heteroatoms. The molecule has 3 nitrogen and oxygen atoms in total. The molecule has 0 fully saturated rings. The Morgan fingerprint density at radius 3 is 2.59 bits per heavy atom. The van der Waals surface area contributed by atoms with Crippen molar-refractivity contribution in [3.8, 4) is 11.8 Å². The summed E-state index contributed by atoms with van der Waals surface area (Å²) in [5, 5.41) is 8.67. The highest BCUT2D eigenvalue weighted by Crippen LogP contribution is 2.28. The quantitative estimate of drug-likeness (QED) is 0.805. The minimum Gasteiger partial charge on any atom is -0.404 e. The summed E-state index contributed by atoms with van der Waals surface area (Å²) in [4.78, 5) is 3.97. The normalized spacial score (nSPS) is 11.1. The molecule has 0 N–H and O–H groups in total. The summed E-state index contributed by atoms with van der Waals surface area (Å²) in [6, 6.07) is 3.14. The molecule has 0 aliphatic rings. The Balaban J connectivity index is 3.15. The van der Waals surface area contributed by atoms with E-state index in [9.17, 15) is 13.2 Å². The van der Waals surface area contributed by atoms with Crippen LogP contribution in [0.2, 0.25) is 0 Å². The highest BCUT2D eigenvalue weighted by molar-refractivity contribution is 9.08. The minimum absolute atomic E-state index is 0.0537. The van der Waals surface area contributed by atoms with Gasteiger partial charge in [-0.15, -0.1) is 13.2 Å². The van der Waals surface area contributed by atoms with Gasteiger partial charge >= 0.3 is 6.36 Å². The van der Waals surface area contributed by atoms with E-state index in [0.717, 1.165) is 0 Å². The van der Waals surface area contributed by atoms with E-state index < -0.39 is 6.36 Å². The third kappa shape index (κ3) is 3.89. The molecule has 0 aliphatic carbocycles. The van der Waals surface area contributed by atoms with Crippen LogP contribution in [-0.4, -0.2) is 11.3 Å². The Labute approximate surface area is 104 Å². The molecule has 0 aliphatic heterocycles. The van der Waals surface area contributed by atoms with Gasteiger partial charge in [0.05, 0.1) is 23.9 Å². The lowest BCUT2D eigenvalue weighted by Gasteiger charge is -2.13. The van der Waals surface area contributed by atoms with Gasteiger partial charge in [0.15, 0.2) is 5.75 Å². The van der Waals surface area contributed by atoms with Gasteiger partial charge in [-0.1, -0.05) is 15.9 Å². The number of ether oxygens (including phenoxy) is 1. The lowest BCUT2D eigenvalue weighted by molar-refractivity contribution is -0.275. The van der Waals surface area contributed by atoms with Crippen molar-refractivity contribution >= 4 is 15.9 Å². The zero-order valence-electron chi connectivity index (χ0n) is 8.81. The second-order valence-electron chi connectivity index (χ2n) is 3.21. The first-order valence-corrected chi connectivity index (χ1v) is 5.67. The van der Waals surface area contributed by atoms with Crippen molar-refractivity contribution in [3.63, 3.8) is 0 Å². The average molecular weight is 309 g/mol.